The summed E-state index contributed by atoms with van der Waals surface area (Å²) in [6.07, 6.45) is 3.82. The summed E-state index contributed by atoms with van der Waals surface area (Å²) in [5.41, 5.74) is 9.44. The quantitative estimate of drug-likeness (QED) is 0.719. The molecule has 0 radical (unpaired) electrons. The Balaban J connectivity index is 0.00000261. The Morgan fingerprint density at radius 2 is 1.59 bits per heavy atom. The van der Waals surface area contributed by atoms with Crippen LogP contribution in [0.3, 0.4) is 0 Å². The van der Waals surface area contributed by atoms with Gasteiger partial charge < -0.3 is 15.8 Å². The first kappa shape index (κ1) is 21.4. The average molecular weight is 389 g/mol. The normalized spacial score (nSPS) is 18.7. The van der Waals surface area contributed by atoms with E-state index in [1.165, 1.54) is 5.56 Å². The van der Waals surface area contributed by atoms with E-state index in [9.17, 15) is 4.79 Å². The van der Waals surface area contributed by atoms with E-state index in [1.807, 2.05) is 30.3 Å². The Labute approximate surface area is 167 Å². The predicted molar refractivity (Wildman–Crippen MR) is 110 cm³/mol. The third kappa shape index (κ3) is 6.98. The highest BCUT2D eigenvalue weighted by Gasteiger charge is 2.25. The predicted octanol–water partition coefficient (Wildman–Crippen LogP) is 3.96. The molecule has 1 amide bonds. The zero-order chi connectivity index (χ0) is 18.2. The second kappa shape index (κ2) is 11.1. The summed E-state index contributed by atoms with van der Waals surface area (Å²) in [5.74, 6) is 0.446. The van der Waals surface area contributed by atoms with E-state index in [0.717, 1.165) is 30.4 Å². The van der Waals surface area contributed by atoms with Gasteiger partial charge in [-0.15, -0.1) is 12.4 Å². The van der Waals surface area contributed by atoms with Crippen molar-refractivity contribution < 1.29 is 9.53 Å². The number of nitrogens with two attached hydrogens (primary N) is 1. The highest BCUT2D eigenvalue weighted by atomic mass is 35.5. The van der Waals surface area contributed by atoms with Crippen molar-refractivity contribution in [1.29, 1.82) is 0 Å². The van der Waals surface area contributed by atoms with Crippen LogP contribution in [0, 0.1) is 5.92 Å². The monoisotopic (exact) mass is 388 g/mol. The number of nitrogens with one attached hydrogen (secondary N) is 1. The molecule has 3 rings (SSSR count). The van der Waals surface area contributed by atoms with Gasteiger partial charge in [-0.1, -0.05) is 61.0 Å². The molecule has 0 saturated heterocycles. The van der Waals surface area contributed by atoms with Crippen LogP contribution in [-0.4, -0.2) is 11.9 Å². The maximum atomic E-state index is 12.1. The molecule has 0 bridgehead atoms. The first-order valence-corrected chi connectivity index (χ1v) is 9.42. The van der Waals surface area contributed by atoms with Crippen LogP contribution in [0.25, 0.3) is 0 Å². The number of carbonyl (C=O) groups is 1. The van der Waals surface area contributed by atoms with Crippen molar-refractivity contribution in [2.24, 2.45) is 11.7 Å². The Hall–Kier alpha value is -1.88. The van der Waals surface area contributed by atoms with E-state index in [4.69, 9.17) is 10.5 Å². The van der Waals surface area contributed by atoms with E-state index >= 15 is 0 Å². The summed E-state index contributed by atoms with van der Waals surface area (Å²) >= 11 is 0. The van der Waals surface area contributed by atoms with Gasteiger partial charge in [-0.25, -0.2) is 0 Å². The molecule has 0 spiro atoms. The Morgan fingerprint density at radius 1 is 0.963 bits per heavy atom. The van der Waals surface area contributed by atoms with Gasteiger partial charge in [0.1, 0.15) is 0 Å². The van der Waals surface area contributed by atoms with Crippen LogP contribution in [0.2, 0.25) is 0 Å². The molecule has 1 fully saturated rings. The lowest BCUT2D eigenvalue weighted by Crippen LogP contribution is -2.31. The highest BCUT2D eigenvalue weighted by Crippen LogP contribution is 2.26. The fourth-order valence-corrected chi connectivity index (χ4v) is 3.44. The molecule has 5 heteroatoms. The molecule has 146 valence electrons. The zero-order valence-corrected chi connectivity index (χ0v) is 16.4. The standard InChI is InChI=1S/C22H28N2O2.ClH/c23-21-8-4-7-20(21)13-22(25)24-14-17-9-11-19(12-10-17)16-26-15-18-5-2-1-3-6-18;/h1-3,5-6,9-12,20-21H,4,7-8,13-16,23H2,(H,24,25);1H/t20-,21+;/m0./s1. The minimum absolute atomic E-state index is 0. The van der Waals surface area contributed by atoms with E-state index in [0.29, 0.717) is 32.1 Å². The van der Waals surface area contributed by atoms with Crippen molar-refractivity contribution in [3.05, 3.63) is 71.3 Å². The largest absolute Gasteiger partial charge is 0.372 e. The minimum Gasteiger partial charge on any atom is -0.372 e. The first-order valence-electron chi connectivity index (χ1n) is 9.42. The lowest BCUT2D eigenvalue weighted by Gasteiger charge is -2.14. The fourth-order valence-electron chi connectivity index (χ4n) is 3.44. The van der Waals surface area contributed by atoms with Crippen molar-refractivity contribution in [3.63, 3.8) is 0 Å². The molecule has 2 aromatic rings. The van der Waals surface area contributed by atoms with Crippen molar-refractivity contribution in [1.82, 2.24) is 5.32 Å². The van der Waals surface area contributed by atoms with Crippen molar-refractivity contribution in [2.75, 3.05) is 0 Å². The summed E-state index contributed by atoms with van der Waals surface area (Å²) in [6.45, 7) is 1.76. The number of rotatable bonds is 8. The molecule has 0 unspecified atom stereocenters. The highest BCUT2D eigenvalue weighted by molar-refractivity contribution is 5.85. The lowest BCUT2D eigenvalue weighted by atomic mass is 10.00. The molecular weight excluding hydrogens is 360 g/mol. The molecule has 1 aliphatic carbocycles. The maximum absolute atomic E-state index is 12.1. The van der Waals surface area contributed by atoms with Gasteiger partial charge in [0.2, 0.25) is 5.91 Å². The van der Waals surface area contributed by atoms with Crippen molar-refractivity contribution >= 4 is 18.3 Å². The second-order valence-electron chi connectivity index (χ2n) is 7.13. The summed E-state index contributed by atoms with van der Waals surface area (Å²) in [7, 11) is 0. The molecule has 0 aromatic heterocycles. The number of carbonyl (C=O) groups excluding carboxylic acids is 1. The number of hydrogen-bond donors (Lipinski definition) is 2. The minimum atomic E-state index is 0. The van der Waals surface area contributed by atoms with Crippen LogP contribution in [0.4, 0.5) is 0 Å². The van der Waals surface area contributed by atoms with Gasteiger partial charge >= 0.3 is 0 Å². The average Bonchev–Trinajstić information content (AvgIpc) is 3.06. The van der Waals surface area contributed by atoms with Crippen LogP contribution < -0.4 is 11.1 Å². The topological polar surface area (TPSA) is 64.4 Å². The molecule has 1 saturated carbocycles. The van der Waals surface area contributed by atoms with Gasteiger partial charge in [0.25, 0.3) is 0 Å². The van der Waals surface area contributed by atoms with Gasteiger partial charge in [0.05, 0.1) is 13.2 Å². The van der Waals surface area contributed by atoms with E-state index in [-0.39, 0.29) is 24.4 Å². The van der Waals surface area contributed by atoms with Crippen LogP contribution in [0.5, 0.6) is 0 Å². The number of amides is 1. The van der Waals surface area contributed by atoms with Gasteiger partial charge in [0.15, 0.2) is 0 Å². The summed E-state index contributed by atoms with van der Waals surface area (Å²) in [5, 5.41) is 3.00. The zero-order valence-electron chi connectivity index (χ0n) is 15.6. The Bertz CT molecular complexity index is 691. The molecule has 0 aliphatic heterocycles. The number of halogens is 1. The molecular formula is C22H29ClN2O2. The third-order valence-corrected chi connectivity index (χ3v) is 5.06. The van der Waals surface area contributed by atoms with E-state index in [1.54, 1.807) is 0 Å². The fraction of sp³-hybridized carbons (Fsp3) is 0.409. The molecule has 2 aromatic carbocycles. The number of hydrogen-bond acceptors (Lipinski definition) is 3. The molecule has 0 heterocycles. The van der Waals surface area contributed by atoms with Crippen LogP contribution >= 0.6 is 12.4 Å². The summed E-state index contributed by atoms with van der Waals surface area (Å²) in [6, 6.07) is 18.5. The molecule has 2 atom stereocenters. The van der Waals surface area contributed by atoms with E-state index < -0.39 is 0 Å². The molecule has 4 nitrogen and oxygen atoms in total. The molecule has 3 N–H and O–H groups in total. The molecule has 1 aliphatic rings. The van der Waals surface area contributed by atoms with Gasteiger partial charge in [-0.3, -0.25) is 4.79 Å². The van der Waals surface area contributed by atoms with Crippen LogP contribution in [0.1, 0.15) is 42.4 Å². The number of ether oxygens (including phenoxy) is 1. The van der Waals surface area contributed by atoms with Gasteiger partial charge in [0, 0.05) is 19.0 Å². The Morgan fingerprint density at radius 3 is 2.22 bits per heavy atom. The van der Waals surface area contributed by atoms with Crippen LogP contribution in [-0.2, 0) is 29.3 Å². The molecule has 27 heavy (non-hydrogen) atoms. The van der Waals surface area contributed by atoms with Crippen molar-refractivity contribution in [3.8, 4) is 0 Å². The van der Waals surface area contributed by atoms with E-state index in [2.05, 4.69) is 29.6 Å². The second-order valence-corrected chi connectivity index (χ2v) is 7.13. The van der Waals surface area contributed by atoms with Crippen LogP contribution in [0.15, 0.2) is 54.6 Å². The summed E-state index contributed by atoms with van der Waals surface area (Å²) in [4.78, 5) is 12.1. The summed E-state index contributed by atoms with van der Waals surface area (Å²) < 4.78 is 5.75. The maximum Gasteiger partial charge on any atom is 0.220 e. The van der Waals surface area contributed by atoms with Crippen molar-refractivity contribution in [2.45, 2.75) is 51.5 Å². The first-order chi connectivity index (χ1) is 12.7. The smallest absolute Gasteiger partial charge is 0.220 e. The SMILES string of the molecule is Cl.N[C@@H]1CCC[C@H]1CC(=O)NCc1ccc(COCc2ccccc2)cc1. The Kier molecular flexibility index (Phi) is 8.79. The van der Waals surface area contributed by atoms with Gasteiger partial charge in [-0.2, -0.15) is 0 Å². The third-order valence-electron chi connectivity index (χ3n) is 5.06. The number of benzene rings is 2. The lowest BCUT2D eigenvalue weighted by molar-refractivity contribution is -0.122. The van der Waals surface area contributed by atoms with Gasteiger partial charge in [-0.05, 0) is 35.4 Å².